The molecule has 0 fully saturated rings. The van der Waals surface area contributed by atoms with E-state index in [1.165, 1.54) is 173 Å². The van der Waals surface area contributed by atoms with Gasteiger partial charge in [0.1, 0.15) is 0 Å². The molecule has 2 N–H and O–H groups in total. The first-order valence-electron chi connectivity index (χ1n) is 25.0. The van der Waals surface area contributed by atoms with Crippen LogP contribution in [0.5, 0.6) is 0 Å². The van der Waals surface area contributed by atoms with Crippen LogP contribution in [0.15, 0.2) is 25.3 Å². The molecule has 0 aliphatic carbocycles. The summed E-state index contributed by atoms with van der Waals surface area (Å²) in [6.45, 7) is 31.8. The Morgan fingerprint density at radius 3 is 0.714 bits per heavy atom. The number of hydrogen-bond acceptors (Lipinski definition) is 2. The molecule has 56 heavy (non-hydrogen) atoms. The Morgan fingerprint density at radius 2 is 0.536 bits per heavy atom. The van der Waals surface area contributed by atoms with Crippen LogP contribution in [0.25, 0.3) is 0 Å². The van der Waals surface area contributed by atoms with E-state index in [1.54, 1.807) is 0 Å². The molecule has 0 aliphatic heterocycles. The molecule has 0 amide bonds. The second-order valence-electron chi connectivity index (χ2n) is 13.6. The van der Waals surface area contributed by atoms with E-state index in [9.17, 15) is 9.59 Å². The molecule has 0 aliphatic rings. The topological polar surface area (TPSA) is 74.6 Å². The zero-order valence-electron chi connectivity index (χ0n) is 41.3. The maximum Gasteiger partial charge on any atom is 0.303 e. The predicted molar refractivity (Wildman–Crippen MR) is 261 cm³/mol. The fourth-order valence-corrected chi connectivity index (χ4v) is 5.28. The number of carbonyl (C=O) groups is 2. The van der Waals surface area contributed by atoms with E-state index in [0.29, 0.717) is 12.8 Å². The van der Waals surface area contributed by atoms with Gasteiger partial charge in [-0.2, -0.15) is 0 Å². The van der Waals surface area contributed by atoms with E-state index in [-0.39, 0.29) is 0 Å². The van der Waals surface area contributed by atoms with Crippen LogP contribution in [0, 0.1) is 0 Å². The first kappa shape index (κ1) is 72.1. The van der Waals surface area contributed by atoms with E-state index in [4.69, 9.17) is 10.2 Å². The van der Waals surface area contributed by atoms with E-state index >= 15 is 0 Å². The van der Waals surface area contributed by atoms with Crippen LogP contribution in [0.3, 0.4) is 0 Å². The van der Waals surface area contributed by atoms with Gasteiger partial charge in [-0.1, -0.05) is 269 Å². The van der Waals surface area contributed by atoms with Crippen molar-refractivity contribution in [3.8, 4) is 0 Å². The minimum absolute atomic E-state index is 0.316. The lowest BCUT2D eigenvalue weighted by molar-refractivity contribution is -0.138. The van der Waals surface area contributed by atoms with Gasteiger partial charge in [0.25, 0.3) is 0 Å². The number of allylic oxidation sites excluding steroid dienone is 2. The predicted octanol–water partition coefficient (Wildman–Crippen LogP) is 19.9. The number of rotatable bonds is 34. The summed E-state index contributed by atoms with van der Waals surface area (Å²) >= 11 is 0. The lowest BCUT2D eigenvalue weighted by Crippen LogP contribution is -1.93. The van der Waals surface area contributed by atoms with Crippen LogP contribution in [0.2, 0.25) is 0 Å². The fraction of sp³-hybridized carbons (Fsp3) is 0.885. The van der Waals surface area contributed by atoms with Crippen molar-refractivity contribution in [2.45, 2.75) is 301 Å². The highest BCUT2D eigenvalue weighted by Crippen LogP contribution is 2.14. The second kappa shape index (κ2) is 89.8. The molecule has 4 heteroatoms. The standard InChI is InChI=1S/C18H36O2.C17H34.C5H10O2.C4H8.4C2H6/c1-2-3-4-5-6-7-8-9-10-11-12-13-14-15-16-17-18(19)20;1-3-5-7-9-11-13-15-17-16-14-12-10-8-6-4-2;1-2-3-4-5(6)7;1-3-4-2;4*1-2/h2-17H2,1H3,(H,19,20);3H,1,4-17H2,2H3;2-4H2,1H3,(H,6,7);3H,1,4H2,2H3;4*1-2H3. The van der Waals surface area contributed by atoms with Gasteiger partial charge in [-0.3, -0.25) is 9.59 Å². The third kappa shape index (κ3) is 117. The van der Waals surface area contributed by atoms with E-state index in [1.807, 2.05) is 74.5 Å². The normalized spacial score (nSPS) is 9.07. The minimum Gasteiger partial charge on any atom is -0.481 e. The summed E-state index contributed by atoms with van der Waals surface area (Å²) in [5, 5.41) is 16.6. The molecule has 0 bridgehead atoms. The summed E-state index contributed by atoms with van der Waals surface area (Å²) in [6.07, 6.45) is 47.2. The van der Waals surface area contributed by atoms with Crippen molar-refractivity contribution in [2.24, 2.45) is 0 Å². The summed E-state index contributed by atoms with van der Waals surface area (Å²) in [5.41, 5.74) is 0. The van der Waals surface area contributed by atoms with Gasteiger partial charge in [0.05, 0.1) is 0 Å². The van der Waals surface area contributed by atoms with Gasteiger partial charge < -0.3 is 10.2 Å². The van der Waals surface area contributed by atoms with Crippen LogP contribution in [0.4, 0.5) is 0 Å². The Kier molecular flexibility index (Phi) is 116. The molecule has 0 saturated heterocycles. The van der Waals surface area contributed by atoms with E-state index in [0.717, 1.165) is 32.1 Å². The Hall–Kier alpha value is -1.58. The molecule has 0 spiro atoms. The summed E-state index contributed by atoms with van der Waals surface area (Å²) in [6, 6.07) is 0. The monoisotopic (exact) mass is 801 g/mol. The third-order valence-corrected chi connectivity index (χ3v) is 8.54. The average Bonchev–Trinajstić information content (AvgIpc) is 3.23. The summed E-state index contributed by atoms with van der Waals surface area (Å²) in [4.78, 5) is 20.1. The molecule has 4 nitrogen and oxygen atoms in total. The number of carboxylic acid groups (broad SMARTS) is 2. The maximum absolute atomic E-state index is 10.3. The number of aliphatic carboxylic acids is 2. The minimum atomic E-state index is -0.693. The Balaban J connectivity index is -0.0000000954. The zero-order chi connectivity index (χ0) is 44.6. The molecule has 0 atom stereocenters. The van der Waals surface area contributed by atoms with Crippen molar-refractivity contribution in [1.82, 2.24) is 0 Å². The van der Waals surface area contributed by atoms with Gasteiger partial charge in [-0.25, -0.2) is 0 Å². The van der Waals surface area contributed by atoms with Crippen LogP contribution < -0.4 is 0 Å². The second-order valence-corrected chi connectivity index (χ2v) is 13.6. The molecular formula is C52H112O4. The highest BCUT2D eigenvalue weighted by Gasteiger charge is 1.97. The molecule has 0 saturated carbocycles. The zero-order valence-corrected chi connectivity index (χ0v) is 41.3. The van der Waals surface area contributed by atoms with Gasteiger partial charge in [0.2, 0.25) is 0 Å². The molecule has 0 aromatic rings. The highest BCUT2D eigenvalue weighted by atomic mass is 16.4. The smallest absolute Gasteiger partial charge is 0.303 e. The van der Waals surface area contributed by atoms with Crippen LogP contribution in [0.1, 0.15) is 301 Å². The Morgan fingerprint density at radius 1 is 0.339 bits per heavy atom. The summed E-state index contributed by atoms with van der Waals surface area (Å²) in [5.74, 6) is -1.35. The maximum atomic E-state index is 10.3. The van der Waals surface area contributed by atoms with Crippen molar-refractivity contribution >= 4 is 11.9 Å². The molecule has 0 unspecified atom stereocenters. The average molecular weight is 801 g/mol. The molecule has 0 heterocycles. The molecule has 0 aromatic carbocycles. The van der Waals surface area contributed by atoms with E-state index in [2.05, 4.69) is 33.9 Å². The SMILES string of the molecule is C=CCC.C=CCCCCCCCCCCCCCCC.CC.CC.CC.CC.CCCCC(=O)O.CCCCCCCCCCCCCCCCCC(=O)O. The van der Waals surface area contributed by atoms with Gasteiger partial charge in [0, 0.05) is 12.8 Å². The summed E-state index contributed by atoms with van der Waals surface area (Å²) in [7, 11) is 0. The van der Waals surface area contributed by atoms with Crippen molar-refractivity contribution in [3.63, 3.8) is 0 Å². The van der Waals surface area contributed by atoms with Crippen molar-refractivity contribution < 1.29 is 19.8 Å². The number of hydrogen-bond donors (Lipinski definition) is 2. The Bertz CT molecular complexity index is 602. The quantitative estimate of drug-likeness (QED) is 0.0502. The van der Waals surface area contributed by atoms with Gasteiger partial charge in [-0.15, -0.1) is 13.2 Å². The largest absolute Gasteiger partial charge is 0.481 e. The van der Waals surface area contributed by atoms with Gasteiger partial charge >= 0.3 is 11.9 Å². The summed E-state index contributed by atoms with van der Waals surface area (Å²) < 4.78 is 0. The van der Waals surface area contributed by atoms with Crippen LogP contribution in [-0.2, 0) is 9.59 Å². The van der Waals surface area contributed by atoms with Crippen LogP contribution >= 0.6 is 0 Å². The first-order valence-corrected chi connectivity index (χ1v) is 25.0. The third-order valence-electron chi connectivity index (χ3n) is 8.54. The molecule has 0 radical (unpaired) electrons. The number of unbranched alkanes of at least 4 members (excludes halogenated alkanes) is 28. The van der Waals surface area contributed by atoms with Crippen molar-refractivity contribution in [3.05, 3.63) is 25.3 Å². The molecular weight excluding hydrogens is 689 g/mol. The first-order chi connectivity index (χ1) is 27.4. The lowest BCUT2D eigenvalue weighted by Gasteiger charge is -2.03. The van der Waals surface area contributed by atoms with E-state index < -0.39 is 11.9 Å². The lowest BCUT2D eigenvalue weighted by atomic mass is 10.0. The van der Waals surface area contributed by atoms with Crippen molar-refractivity contribution in [2.75, 3.05) is 0 Å². The van der Waals surface area contributed by atoms with Crippen molar-refractivity contribution in [1.29, 1.82) is 0 Å². The molecule has 0 rings (SSSR count). The fourth-order valence-electron chi connectivity index (χ4n) is 5.28. The number of carboxylic acids is 2. The molecule has 0 aromatic heterocycles. The highest BCUT2D eigenvalue weighted by molar-refractivity contribution is 5.66. The Labute approximate surface area is 357 Å². The van der Waals surface area contributed by atoms with Gasteiger partial charge in [0.15, 0.2) is 0 Å². The molecule has 344 valence electrons. The van der Waals surface area contributed by atoms with Crippen LogP contribution in [-0.4, -0.2) is 22.2 Å². The van der Waals surface area contributed by atoms with Gasteiger partial charge in [-0.05, 0) is 32.1 Å².